The number of carbonyl (C=O) groups excluding carboxylic acids is 4. The van der Waals surface area contributed by atoms with Gasteiger partial charge in [-0.1, -0.05) is 23.7 Å². The van der Waals surface area contributed by atoms with E-state index in [1.165, 1.54) is 6.92 Å². The highest BCUT2D eigenvalue weighted by Crippen LogP contribution is 2.32. The second kappa shape index (κ2) is 9.46. The number of anilines is 2. The Hall–Kier alpha value is -2.62. The Morgan fingerprint density at radius 2 is 1.77 bits per heavy atom. The minimum absolute atomic E-state index is 0.187. The Labute approximate surface area is 190 Å². The van der Waals surface area contributed by atoms with E-state index in [1.807, 2.05) is 0 Å². The number of thioether (sulfide) groups is 1. The molecule has 4 amide bonds. The molecule has 0 aromatic heterocycles. The molecule has 2 aromatic carbocycles. The molecule has 0 spiro atoms. The highest BCUT2D eigenvalue weighted by atomic mass is 79.9. The fraction of sp³-hybridized carbons (Fsp3) is 0.100. The van der Waals surface area contributed by atoms with Gasteiger partial charge in [-0.15, -0.1) is 0 Å². The molecule has 0 saturated carbocycles. The van der Waals surface area contributed by atoms with Crippen molar-refractivity contribution in [3.63, 3.8) is 0 Å². The van der Waals surface area contributed by atoms with E-state index in [0.29, 0.717) is 26.4 Å². The molecule has 0 bridgehead atoms. The van der Waals surface area contributed by atoms with Crippen LogP contribution in [0.2, 0.25) is 5.02 Å². The van der Waals surface area contributed by atoms with Crippen LogP contribution in [0.5, 0.6) is 0 Å². The van der Waals surface area contributed by atoms with Crippen molar-refractivity contribution < 1.29 is 19.2 Å². The van der Waals surface area contributed by atoms with Crippen LogP contribution < -0.4 is 10.6 Å². The lowest BCUT2D eigenvalue weighted by Gasteiger charge is -2.12. The van der Waals surface area contributed by atoms with Crippen LogP contribution in [-0.4, -0.2) is 34.4 Å². The number of hydrogen-bond acceptors (Lipinski definition) is 5. The van der Waals surface area contributed by atoms with Crippen LogP contribution in [-0.2, 0) is 14.4 Å². The first-order valence-corrected chi connectivity index (χ1v) is 10.6. The van der Waals surface area contributed by atoms with Crippen molar-refractivity contribution in [2.24, 2.45) is 0 Å². The molecule has 1 fully saturated rings. The van der Waals surface area contributed by atoms with Crippen LogP contribution >= 0.6 is 39.3 Å². The van der Waals surface area contributed by atoms with Crippen molar-refractivity contribution in [2.75, 3.05) is 17.2 Å². The third kappa shape index (κ3) is 5.50. The molecule has 154 valence electrons. The zero-order valence-corrected chi connectivity index (χ0v) is 18.7. The monoisotopic (exact) mass is 507 g/mol. The summed E-state index contributed by atoms with van der Waals surface area (Å²) < 4.78 is 0.684. The summed E-state index contributed by atoms with van der Waals surface area (Å²) in [6.45, 7) is 1.00. The maximum absolute atomic E-state index is 12.6. The van der Waals surface area contributed by atoms with Gasteiger partial charge in [0.15, 0.2) is 0 Å². The van der Waals surface area contributed by atoms with E-state index in [0.717, 1.165) is 16.7 Å². The molecule has 0 unspecified atom stereocenters. The fourth-order valence-electron chi connectivity index (χ4n) is 2.57. The average molecular weight is 509 g/mol. The van der Waals surface area contributed by atoms with Crippen LogP contribution in [0.4, 0.5) is 16.2 Å². The first-order chi connectivity index (χ1) is 14.2. The number of nitrogens with zero attached hydrogens (tertiary/aromatic N) is 1. The second-order valence-corrected chi connectivity index (χ2v) is 8.50. The van der Waals surface area contributed by atoms with E-state index >= 15 is 0 Å². The Balaban J connectivity index is 1.66. The van der Waals surface area contributed by atoms with Gasteiger partial charge in [0.2, 0.25) is 11.8 Å². The first-order valence-electron chi connectivity index (χ1n) is 8.61. The van der Waals surface area contributed by atoms with E-state index in [-0.39, 0.29) is 10.8 Å². The first kappa shape index (κ1) is 22.1. The van der Waals surface area contributed by atoms with Crippen LogP contribution in [0.1, 0.15) is 12.5 Å². The highest BCUT2D eigenvalue weighted by molar-refractivity contribution is 9.10. The number of rotatable bonds is 5. The Morgan fingerprint density at radius 1 is 1.10 bits per heavy atom. The minimum atomic E-state index is -0.542. The normalized spacial score (nSPS) is 14.9. The third-order valence-corrected chi connectivity index (χ3v) is 6.05. The number of halogens is 2. The van der Waals surface area contributed by atoms with Crippen molar-refractivity contribution in [3.8, 4) is 0 Å². The molecule has 10 heteroatoms. The summed E-state index contributed by atoms with van der Waals surface area (Å²) in [6.07, 6.45) is 1.56. The predicted octanol–water partition coefficient (Wildman–Crippen LogP) is 4.74. The van der Waals surface area contributed by atoms with Gasteiger partial charge in [-0.05, 0) is 69.7 Å². The summed E-state index contributed by atoms with van der Waals surface area (Å²) >= 11 is 10.0. The SMILES string of the molecule is CC(=O)Nc1ccc(/C=C2\SC(=O)N(CC(=O)Nc3ccc(Br)c(Cl)c3)C2=O)cc1. The van der Waals surface area contributed by atoms with Crippen LogP contribution in [0.15, 0.2) is 51.8 Å². The number of amides is 4. The van der Waals surface area contributed by atoms with Gasteiger partial charge in [0.1, 0.15) is 6.54 Å². The molecule has 2 N–H and O–H groups in total. The Bertz CT molecular complexity index is 1070. The molecule has 2 aromatic rings. The summed E-state index contributed by atoms with van der Waals surface area (Å²) in [6, 6.07) is 11.7. The molecule has 7 nitrogen and oxygen atoms in total. The van der Waals surface area contributed by atoms with Gasteiger partial charge in [-0.2, -0.15) is 0 Å². The van der Waals surface area contributed by atoms with E-state index < -0.39 is 23.6 Å². The summed E-state index contributed by atoms with van der Waals surface area (Å²) in [4.78, 5) is 49.2. The van der Waals surface area contributed by atoms with Crippen LogP contribution in [0, 0.1) is 0 Å². The standard InChI is InChI=1S/C20H15BrClN3O4S/c1-11(26)23-13-4-2-12(3-5-13)8-17-19(28)25(20(29)30-17)10-18(27)24-14-6-7-15(21)16(22)9-14/h2-9H,10H2,1H3,(H,23,26)(H,24,27)/b17-8-. The molecule has 30 heavy (non-hydrogen) atoms. The maximum Gasteiger partial charge on any atom is 0.294 e. The third-order valence-electron chi connectivity index (χ3n) is 3.91. The van der Waals surface area contributed by atoms with Crippen molar-refractivity contribution in [1.82, 2.24) is 4.90 Å². The van der Waals surface area contributed by atoms with Gasteiger partial charge in [0, 0.05) is 22.8 Å². The lowest BCUT2D eigenvalue weighted by atomic mass is 10.2. The molecule has 0 aliphatic carbocycles. The molecule has 3 rings (SSSR count). The second-order valence-electron chi connectivity index (χ2n) is 6.25. The molecule has 1 aliphatic heterocycles. The molecular weight excluding hydrogens is 494 g/mol. The van der Waals surface area contributed by atoms with Gasteiger partial charge in [0.05, 0.1) is 9.93 Å². The number of benzene rings is 2. The minimum Gasteiger partial charge on any atom is -0.326 e. The average Bonchev–Trinajstić information content (AvgIpc) is 2.93. The van der Waals surface area contributed by atoms with Crippen molar-refractivity contribution >= 4 is 79.7 Å². The van der Waals surface area contributed by atoms with E-state index in [1.54, 1.807) is 48.5 Å². The van der Waals surface area contributed by atoms with Crippen LogP contribution in [0.25, 0.3) is 6.08 Å². The van der Waals surface area contributed by atoms with E-state index in [4.69, 9.17) is 11.6 Å². The molecule has 0 atom stereocenters. The number of hydrogen-bond donors (Lipinski definition) is 2. The lowest BCUT2D eigenvalue weighted by molar-refractivity contribution is -0.127. The number of nitrogens with one attached hydrogen (secondary N) is 2. The quantitative estimate of drug-likeness (QED) is 0.569. The van der Waals surface area contributed by atoms with Crippen LogP contribution in [0.3, 0.4) is 0 Å². The van der Waals surface area contributed by atoms with Crippen molar-refractivity contribution in [1.29, 1.82) is 0 Å². The van der Waals surface area contributed by atoms with Crippen molar-refractivity contribution in [3.05, 3.63) is 62.4 Å². The van der Waals surface area contributed by atoms with Gasteiger partial charge < -0.3 is 10.6 Å². The summed E-state index contributed by atoms with van der Waals surface area (Å²) in [7, 11) is 0. The van der Waals surface area contributed by atoms with E-state index in [9.17, 15) is 19.2 Å². The molecular formula is C20H15BrClN3O4S. The maximum atomic E-state index is 12.6. The summed E-state index contributed by atoms with van der Waals surface area (Å²) in [5.74, 6) is -1.25. The zero-order valence-electron chi connectivity index (χ0n) is 15.6. The number of imide groups is 1. The molecule has 0 radical (unpaired) electrons. The Kier molecular flexibility index (Phi) is 6.96. The van der Waals surface area contributed by atoms with E-state index in [2.05, 4.69) is 26.6 Å². The summed E-state index contributed by atoms with van der Waals surface area (Å²) in [5, 5.41) is 5.16. The Morgan fingerprint density at radius 3 is 2.40 bits per heavy atom. The number of carbonyl (C=O) groups is 4. The smallest absolute Gasteiger partial charge is 0.294 e. The predicted molar refractivity (Wildman–Crippen MR) is 121 cm³/mol. The molecule has 1 saturated heterocycles. The topological polar surface area (TPSA) is 95.6 Å². The van der Waals surface area contributed by atoms with Gasteiger partial charge >= 0.3 is 0 Å². The van der Waals surface area contributed by atoms with Gasteiger partial charge in [-0.25, -0.2) is 0 Å². The highest BCUT2D eigenvalue weighted by Gasteiger charge is 2.36. The van der Waals surface area contributed by atoms with Crippen molar-refractivity contribution in [2.45, 2.75) is 6.92 Å². The summed E-state index contributed by atoms with van der Waals surface area (Å²) in [5.41, 5.74) is 1.76. The molecule has 1 heterocycles. The fourth-order valence-corrected chi connectivity index (χ4v) is 3.84. The van der Waals surface area contributed by atoms with Gasteiger partial charge in [0.25, 0.3) is 11.1 Å². The van der Waals surface area contributed by atoms with Gasteiger partial charge in [-0.3, -0.25) is 24.1 Å². The zero-order chi connectivity index (χ0) is 21.8. The largest absolute Gasteiger partial charge is 0.326 e. The lowest BCUT2D eigenvalue weighted by Crippen LogP contribution is -2.36. The molecule has 1 aliphatic rings.